The normalized spacial score (nSPS) is 14.8. The standard InChI is InChI=1S/C27H28N4/c1-20-12-13-23(18-21(20)2)26-24-10-6-7-11-25(24)27(29-28-26)31-16-14-30(15-17-31)19-22-8-4-3-5-9-22/h3-13,18H,14-17,19H2,1-2H3. The molecule has 1 aliphatic heterocycles. The van der Waals surface area contributed by atoms with E-state index in [-0.39, 0.29) is 0 Å². The third-order valence-electron chi connectivity index (χ3n) is 6.37. The Labute approximate surface area is 184 Å². The molecule has 4 heteroatoms. The minimum atomic E-state index is 0.963. The van der Waals surface area contributed by atoms with E-state index >= 15 is 0 Å². The van der Waals surface area contributed by atoms with Gasteiger partial charge >= 0.3 is 0 Å². The summed E-state index contributed by atoms with van der Waals surface area (Å²) in [7, 11) is 0. The Morgan fingerprint density at radius 2 is 1.42 bits per heavy atom. The SMILES string of the molecule is Cc1ccc(-c2nnc(N3CCN(Cc4ccccc4)CC3)c3ccccc23)cc1C. The van der Waals surface area contributed by atoms with E-state index in [9.17, 15) is 0 Å². The lowest BCUT2D eigenvalue weighted by Crippen LogP contribution is -2.46. The summed E-state index contributed by atoms with van der Waals surface area (Å²) >= 11 is 0. The number of benzene rings is 3. The fraction of sp³-hybridized carbons (Fsp3) is 0.259. The number of rotatable bonds is 4. The topological polar surface area (TPSA) is 32.3 Å². The molecule has 0 radical (unpaired) electrons. The molecule has 2 heterocycles. The first-order valence-corrected chi connectivity index (χ1v) is 11.0. The average molecular weight is 409 g/mol. The van der Waals surface area contributed by atoms with Crippen molar-refractivity contribution in [3.8, 4) is 11.3 Å². The summed E-state index contributed by atoms with van der Waals surface area (Å²) in [5, 5.41) is 11.8. The summed E-state index contributed by atoms with van der Waals surface area (Å²) in [4.78, 5) is 4.91. The number of hydrogen-bond acceptors (Lipinski definition) is 4. The van der Waals surface area contributed by atoms with Crippen LogP contribution in [0.15, 0.2) is 72.8 Å². The molecule has 0 spiro atoms. The van der Waals surface area contributed by atoms with Crippen LogP contribution in [0.4, 0.5) is 5.82 Å². The summed E-state index contributed by atoms with van der Waals surface area (Å²) in [6, 6.07) is 25.8. The molecule has 0 atom stereocenters. The predicted molar refractivity (Wildman–Crippen MR) is 128 cm³/mol. The minimum absolute atomic E-state index is 0.963. The van der Waals surface area contributed by atoms with Crippen molar-refractivity contribution in [3.63, 3.8) is 0 Å². The number of hydrogen-bond donors (Lipinski definition) is 0. The van der Waals surface area contributed by atoms with Crippen LogP contribution in [0, 0.1) is 13.8 Å². The van der Waals surface area contributed by atoms with Crippen LogP contribution in [0.2, 0.25) is 0 Å². The highest BCUT2D eigenvalue weighted by Crippen LogP contribution is 2.32. The van der Waals surface area contributed by atoms with Crippen molar-refractivity contribution in [3.05, 3.63) is 89.5 Å². The summed E-state index contributed by atoms with van der Waals surface area (Å²) in [6.45, 7) is 9.30. The molecule has 1 aromatic heterocycles. The molecule has 156 valence electrons. The van der Waals surface area contributed by atoms with Crippen LogP contribution < -0.4 is 4.90 Å². The molecule has 1 aliphatic rings. The van der Waals surface area contributed by atoms with Crippen LogP contribution in [0.5, 0.6) is 0 Å². The van der Waals surface area contributed by atoms with E-state index in [0.29, 0.717) is 0 Å². The molecule has 0 unspecified atom stereocenters. The van der Waals surface area contributed by atoms with Crippen LogP contribution in [0.25, 0.3) is 22.0 Å². The quantitative estimate of drug-likeness (QED) is 0.462. The second kappa shape index (κ2) is 8.48. The minimum Gasteiger partial charge on any atom is -0.352 e. The zero-order valence-corrected chi connectivity index (χ0v) is 18.3. The van der Waals surface area contributed by atoms with Crippen LogP contribution in [-0.4, -0.2) is 41.3 Å². The van der Waals surface area contributed by atoms with Gasteiger partial charge in [0.25, 0.3) is 0 Å². The summed E-state index contributed by atoms with van der Waals surface area (Å²) in [5.41, 5.74) is 6.04. The first-order chi connectivity index (χ1) is 15.2. The molecule has 0 aliphatic carbocycles. The Balaban J connectivity index is 1.41. The van der Waals surface area contributed by atoms with Crippen molar-refractivity contribution in [2.75, 3.05) is 31.1 Å². The van der Waals surface area contributed by atoms with Gasteiger partial charge in [0.1, 0.15) is 5.69 Å². The number of aryl methyl sites for hydroxylation is 2. The summed E-state index contributed by atoms with van der Waals surface area (Å²) in [6.07, 6.45) is 0. The van der Waals surface area contributed by atoms with Crippen molar-refractivity contribution in [1.29, 1.82) is 0 Å². The van der Waals surface area contributed by atoms with Crippen LogP contribution in [-0.2, 0) is 6.54 Å². The third kappa shape index (κ3) is 4.04. The fourth-order valence-electron chi connectivity index (χ4n) is 4.38. The Bertz CT molecular complexity index is 1190. The molecule has 1 saturated heterocycles. The average Bonchev–Trinajstić information content (AvgIpc) is 2.81. The molecule has 0 bridgehead atoms. The lowest BCUT2D eigenvalue weighted by molar-refractivity contribution is 0.249. The Morgan fingerprint density at radius 3 is 2.16 bits per heavy atom. The molecule has 31 heavy (non-hydrogen) atoms. The lowest BCUT2D eigenvalue weighted by atomic mass is 10.0. The highest BCUT2D eigenvalue weighted by Gasteiger charge is 2.21. The van der Waals surface area contributed by atoms with E-state index < -0.39 is 0 Å². The molecule has 4 nitrogen and oxygen atoms in total. The van der Waals surface area contributed by atoms with E-state index in [0.717, 1.165) is 49.8 Å². The second-order valence-corrected chi connectivity index (χ2v) is 8.47. The van der Waals surface area contributed by atoms with E-state index in [1.807, 2.05) is 0 Å². The monoisotopic (exact) mass is 408 g/mol. The van der Waals surface area contributed by atoms with E-state index in [2.05, 4.69) is 96.4 Å². The summed E-state index contributed by atoms with van der Waals surface area (Å²) in [5.74, 6) is 1.00. The number of nitrogens with zero attached hydrogens (tertiary/aromatic N) is 4. The Hall–Kier alpha value is -3.24. The summed E-state index contributed by atoms with van der Waals surface area (Å²) < 4.78 is 0. The second-order valence-electron chi connectivity index (χ2n) is 8.47. The maximum Gasteiger partial charge on any atom is 0.159 e. The van der Waals surface area contributed by atoms with Gasteiger partial charge in [-0.15, -0.1) is 10.2 Å². The van der Waals surface area contributed by atoms with Gasteiger partial charge in [0.15, 0.2) is 5.82 Å². The van der Waals surface area contributed by atoms with E-state index in [4.69, 9.17) is 10.2 Å². The maximum absolute atomic E-state index is 4.73. The largest absolute Gasteiger partial charge is 0.352 e. The first kappa shape index (κ1) is 19.7. The van der Waals surface area contributed by atoms with Gasteiger partial charge in [0.05, 0.1) is 0 Å². The molecular weight excluding hydrogens is 380 g/mol. The zero-order valence-electron chi connectivity index (χ0n) is 18.3. The molecular formula is C27H28N4. The smallest absolute Gasteiger partial charge is 0.159 e. The lowest BCUT2D eigenvalue weighted by Gasteiger charge is -2.35. The van der Waals surface area contributed by atoms with Crippen molar-refractivity contribution in [2.45, 2.75) is 20.4 Å². The van der Waals surface area contributed by atoms with Gasteiger partial charge in [-0.05, 0) is 36.6 Å². The predicted octanol–water partition coefficient (Wildman–Crippen LogP) is 5.24. The van der Waals surface area contributed by atoms with Crippen molar-refractivity contribution in [1.82, 2.24) is 15.1 Å². The highest BCUT2D eigenvalue weighted by molar-refractivity contribution is 6.00. The molecule has 4 aromatic rings. The molecule has 0 saturated carbocycles. The molecule has 5 rings (SSSR count). The zero-order chi connectivity index (χ0) is 21.2. The van der Waals surface area contributed by atoms with Gasteiger partial charge in [-0.3, -0.25) is 4.90 Å². The third-order valence-corrected chi connectivity index (χ3v) is 6.37. The number of piperazine rings is 1. The van der Waals surface area contributed by atoms with Gasteiger partial charge in [-0.25, -0.2) is 0 Å². The first-order valence-electron chi connectivity index (χ1n) is 11.0. The molecule has 0 N–H and O–H groups in total. The van der Waals surface area contributed by atoms with Crippen LogP contribution >= 0.6 is 0 Å². The van der Waals surface area contributed by atoms with E-state index in [1.54, 1.807) is 0 Å². The molecule has 1 fully saturated rings. The van der Waals surface area contributed by atoms with Crippen LogP contribution in [0.3, 0.4) is 0 Å². The molecule has 0 amide bonds. The molecule has 3 aromatic carbocycles. The van der Waals surface area contributed by atoms with Gasteiger partial charge in [0.2, 0.25) is 0 Å². The van der Waals surface area contributed by atoms with Gasteiger partial charge in [0, 0.05) is 49.1 Å². The highest BCUT2D eigenvalue weighted by atomic mass is 15.3. The Kier molecular flexibility index (Phi) is 5.39. The number of anilines is 1. The van der Waals surface area contributed by atoms with Crippen molar-refractivity contribution < 1.29 is 0 Å². The Morgan fingerprint density at radius 1 is 0.710 bits per heavy atom. The van der Waals surface area contributed by atoms with Crippen molar-refractivity contribution in [2.24, 2.45) is 0 Å². The van der Waals surface area contributed by atoms with Crippen molar-refractivity contribution >= 4 is 16.6 Å². The van der Waals surface area contributed by atoms with Gasteiger partial charge in [-0.1, -0.05) is 66.7 Å². The fourth-order valence-corrected chi connectivity index (χ4v) is 4.38. The number of fused-ring (bicyclic) bond motifs is 1. The number of aromatic nitrogens is 2. The van der Waals surface area contributed by atoms with E-state index in [1.165, 1.54) is 27.5 Å². The van der Waals surface area contributed by atoms with Crippen LogP contribution in [0.1, 0.15) is 16.7 Å². The maximum atomic E-state index is 4.73. The van der Waals surface area contributed by atoms with Gasteiger partial charge in [-0.2, -0.15) is 0 Å². The van der Waals surface area contributed by atoms with Gasteiger partial charge < -0.3 is 4.90 Å².